The van der Waals surface area contributed by atoms with Gasteiger partial charge < -0.3 is 11.1 Å². The minimum atomic E-state index is 0.154. The molecule has 1 aliphatic rings. The lowest BCUT2D eigenvalue weighted by molar-refractivity contribution is 0.737. The molecule has 1 heterocycles. The minimum Gasteiger partial charge on any atom is -0.363 e. The van der Waals surface area contributed by atoms with Gasteiger partial charge in [-0.05, 0) is 37.5 Å². The van der Waals surface area contributed by atoms with Crippen molar-refractivity contribution < 1.29 is 0 Å². The Morgan fingerprint density at radius 3 is 2.92 bits per heavy atom. The molecule has 3 heteroatoms. The molecule has 0 unspecified atom stereocenters. The van der Waals surface area contributed by atoms with Crippen LogP contribution >= 0.6 is 0 Å². The van der Waals surface area contributed by atoms with Gasteiger partial charge in [-0.1, -0.05) is 0 Å². The number of aromatic nitrogens is 1. The minimum absolute atomic E-state index is 0.154. The molecule has 3 nitrogen and oxygen atoms in total. The Kier molecular flexibility index (Phi) is 1.96. The Hall–Kier alpha value is -1.09. The van der Waals surface area contributed by atoms with Crippen molar-refractivity contribution in [3.8, 4) is 0 Å². The lowest BCUT2D eigenvalue weighted by Crippen LogP contribution is -2.31. The highest BCUT2D eigenvalue weighted by Gasteiger charge is 2.41. The van der Waals surface area contributed by atoms with Crippen molar-refractivity contribution in [3.63, 3.8) is 0 Å². The van der Waals surface area contributed by atoms with E-state index in [2.05, 4.69) is 23.3 Å². The van der Waals surface area contributed by atoms with Crippen molar-refractivity contribution in [3.05, 3.63) is 23.9 Å². The molecule has 1 aliphatic carbocycles. The zero-order valence-corrected chi connectivity index (χ0v) is 7.88. The van der Waals surface area contributed by atoms with E-state index in [1.165, 1.54) is 18.4 Å². The van der Waals surface area contributed by atoms with Gasteiger partial charge in [0.15, 0.2) is 0 Å². The Balaban J connectivity index is 2.09. The summed E-state index contributed by atoms with van der Waals surface area (Å²) in [5.41, 5.74) is 7.05. The maximum atomic E-state index is 5.66. The first-order chi connectivity index (χ1) is 6.24. The van der Waals surface area contributed by atoms with E-state index in [4.69, 9.17) is 5.73 Å². The van der Waals surface area contributed by atoms with Crippen molar-refractivity contribution >= 4 is 5.82 Å². The molecule has 1 saturated carbocycles. The highest BCUT2D eigenvalue weighted by molar-refractivity contribution is 5.42. The van der Waals surface area contributed by atoms with Crippen molar-refractivity contribution in [1.29, 1.82) is 0 Å². The van der Waals surface area contributed by atoms with Crippen LogP contribution in [0.2, 0.25) is 0 Å². The average molecular weight is 177 g/mol. The summed E-state index contributed by atoms with van der Waals surface area (Å²) in [6, 6.07) is 4.04. The quantitative estimate of drug-likeness (QED) is 0.731. The molecule has 2 rings (SSSR count). The summed E-state index contributed by atoms with van der Waals surface area (Å²) < 4.78 is 0. The smallest absolute Gasteiger partial charge is 0.126 e. The van der Waals surface area contributed by atoms with Crippen LogP contribution in [-0.4, -0.2) is 17.1 Å². The van der Waals surface area contributed by atoms with Crippen molar-refractivity contribution in [1.82, 2.24) is 4.98 Å². The van der Waals surface area contributed by atoms with Crippen LogP contribution in [0.15, 0.2) is 18.3 Å². The lowest BCUT2D eigenvalue weighted by atomic mass is 10.2. The van der Waals surface area contributed by atoms with E-state index >= 15 is 0 Å². The second-order valence-corrected chi connectivity index (χ2v) is 3.83. The predicted octanol–water partition coefficient (Wildman–Crippen LogP) is 1.29. The summed E-state index contributed by atoms with van der Waals surface area (Å²) in [6.45, 7) is 2.76. The molecule has 0 spiro atoms. The predicted molar refractivity (Wildman–Crippen MR) is 53.6 cm³/mol. The summed E-state index contributed by atoms with van der Waals surface area (Å²) in [4.78, 5) is 4.25. The number of hydrogen-bond acceptors (Lipinski definition) is 3. The number of nitrogens with two attached hydrogens (primary N) is 1. The molecule has 0 radical (unpaired) electrons. The van der Waals surface area contributed by atoms with Gasteiger partial charge in [0.05, 0.1) is 5.54 Å². The lowest BCUT2D eigenvalue weighted by Gasteiger charge is -2.15. The maximum Gasteiger partial charge on any atom is 0.126 e. The third-order valence-corrected chi connectivity index (χ3v) is 2.55. The summed E-state index contributed by atoms with van der Waals surface area (Å²) in [5, 5.41) is 3.38. The van der Waals surface area contributed by atoms with Crippen molar-refractivity contribution in [2.24, 2.45) is 5.73 Å². The molecule has 0 atom stereocenters. The second kappa shape index (κ2) is 3.00. The first kappa shape index (κ1) is 8.51. The first-order valence-electron chi connectivity index (χ1n) is 4.65. The van der Waals surface area contributed by atoms with Crippen LogP contribution in [0.3, 0.4) is 0 Å². The Bertz CT molecular complexity index is 305. The molecule has 1 fully saturated rings. The van der Waals surface area contributed by atoms with E-state index in [0.29, 0.717) is 6.54 Å². The largest absolute Gasteiger partial charge is 0.363 e. The van der Waals surface area contributed by atoms with E-state index in [0.717, 1.165) is 5.82 Å². The van der Waals surface area contributed by atoms with Gasteiger partial charge in [0.1, 0.15) is 5.82 Å². The molecule has 1 aromatic rings. The zero-order chi connectivity index (χ0) is 9.31. The fourth-order valence-electron chi connectivity index (χ4n) is 1.41. The molecule has 0 amide bonds. The van der Waals surface area contributed by atoms with Gasteiger partial charge in [-0.25, -0.2) is 4.98 Å². The van der Waals surface area contributed by atoms with Crippen LogP contribution in [0.5, 0.6) is 0 Å². The van der Waals surface area contributed by atoms with Gasteiger partial charge in [0.2, 0.25) is 0 Å². The SMILES string of the molecule is Cc1ccnc(NC2(CN)CC2)c1. The molecule has 0 bridgehead atoms. The molecule has 13 heavy (non-hydrogen) atoms. The third kappa shape index (κ3) is 1.80. The number of hydrogen-bond donors (Lipinski definition) is 2. The Labute approximate surface area is 78.4 Å². The van der Waals surface area contributed by atoms with Gasteiger partial charge in [-0.3, -0.25) is 0 Å². The number of anilines is 1. The molecule has 0 saturated heterocycles. The molecule has 0 aromatic carbocycles. The fraction of sp³-hybridized carbons (Fsp3) is 0.500. The van der Waals surface area contributed by atoms with Crippen LogP contribution in [0.25, 0.3) is 0 Å². The van der Waals surface area contributed by atoms with Crippen LogP contribution in [0.4, 0.5) is 5.82 Å². The first-order valence-corrected chi connectivity index (χ1v) is 4.65. The summed E-state index contributed by atoms with van der Waals surface area (Å²) in [6.07, 6.45) is 4.16. The third-order valence-electron chi connectivity index (χ3n) is 2.55. The Morgan fingerprint density at radius 1 is 1.62 bits per heavy atom. The molecular weight excluding hydrogens is 162 g/mol. The Morgan fingerprint density at radius 2 is 2.38 bits per heavy atom. The monoisotopic (exact) mass is 177 g/mol. The normalized spacial score (nSPS) is 18.3. The van der Waals surface area contributed by atoms with Crippen LogP contribution in [0.1, 0.15) is 18.4 Å². The van der Waals surface area contributed by atoms with E-state index < -0.39 is 0 Å². The van der Waals surface area contributed by atoms with Gasteiger partial charge in [-0.15, -0.1) is 0 Å². The summed E-state index contributed by atoms with van der Waals surface area (Å²) in [7, 11) is 0. The standard InChI is InChI=1S/C10H15N3/c1-8-2-5-12-9(6-8)13-10(7-11)3-4-10/h2,5-6H,3-4,7,11H2,1H3,(H,12,13). The molecule has 70 valence electrons. The molecular formula is C10H15N3. The number of aryl methyl sites for hydroxylation is 1. The van der Waals surface area contributed by atoms with Gasteiger partial charge in [-0.2, -0.15) is 0 Å². The number of nitrogens with zero attached hydrogens (tertiary/aromatic N) is 1. The van der Waals surface area contributed by atoms with Gasteiger partial charge in [0.25, 0.3) is 0 Å². The average Bonchev–Trinajstić information content (AvgIpc) is 2.86. The van der Waals surface area contributed by atoms with Crippen LogP contribution < -0.4 is 11.1 Å². The summed E-state index contributed by atoms with van der Waals surface area (Å²) in [5.74, 6) is 0.947. The highest BCUT2D eigenvalue weighted by Crippen LogP contribution is 2.37. The molecule has 3 N–H and O–H groups in total. The van der Waals surface area contributed by atoms with Gasteiger partial charge in [0, 0.05) is 12.7 Å². The molecule has 0 aliphatic heterocycles. The zero-order valence-electron chi connectivity index (χ0n) is 7.88. The second-order valence-electron chi connectivity index (χ2n) is 3.83. The van der Waals surface area contributed by atoms with Gasteiger partial charge >= 0.3 is 0 Å². The topological polar surface area (TPSA) is 50.9 Å². The van der Waals surface area contributed by atoms with Crippen molar-refractivity contribution in [2.45, 2.75) is 25.3 Å². The van der Waals surface area contributed by atoms with Crippen molar-refractivity contribution in [2.75, 3.05) is 11.9 Å². The number of rotatable bonds is 3. The van der Waals surface area contributed by atoms with E-state index in [1.54, 1.807) is 0 Å². The number of pyridine rings is 1. The fourth-order valence-corrected chi connectivity index (χ4v) is 1.41. The maximum absolute atomic E-state index is 5.66. The van der Waals surface area contributed by atoms with Crippen LogP contribution in [0, 0.1) is 6.92 Å². The van der Waals surface area contributed by atoms with E-state index in [-0.39, 0.29) is 5.54 Å². The highest BCUT2D eigenvalue weighted by atomic mass is 15.1. The number of nitrogens with one attached hydrogen (secondary N) is 1. The van der Waals surface area contributed by atoms with E-state index in [1.807, 2.05) is 12.3 Å². The van der Waals surface area contributed by atoms with Crippen LogP contribution in [-0.2, 0) is 0 Å². The van der Waals surface area contributed by atoms with E-state index in [9.17, 15) is 0 Å². The summed E-state index contributed by atoms with van der Waals surface area (Å²) >= 11 is 0. The molecule has 1 aromatic heterocycles.